The molecule has 4 rings (SSSR count). The Bertz CT molecular complexity index is 893. The molecule has 2 aromatic heterocycles. The Hall–Kier alpha value is -2.41. The zero-order valence-corrected chi connectivity index (χ0v) is 13.0. The zero-order valence-electron chi connectivity index (χ0n) is 12.2. The maximum absolute atomic E-state index is 10.9. The van der Waals surface area contributed by atoms with Crippen molar-refractivity contribution in [1.82, 2.24) is 15.0 Å². The molecule has 1 aromatic carbocycles. The van der Waals surface area contributed by atoms with E-state index in [1.807, 2.05) is 12.3 Å². The van der Waals surface area contributed by atoms with Crippen LogP contribution in [-0.2, 0) is 6.42 Å². The summed E-state index contributed by atoms with van der Waals surface area (Å²) in [5.41, 5.74) is 3.95. The number of aromatic nitrogens is 3. The first-order valence-electron chi connectivity index (χ1n) is 7.45. The van der Waals surface area contributed by atoms with Crippen molar-refractivity contribution >= 4 is 28.5 Å². The lowest BCUT2D eigenvalue weighted by Crippen LogP contribution is -2.09. The van der Waals surface area contributed by atoms with E-state index in [0.717, 1.165) is 35.6 Å². The smallest absolute Gasteiger partial charge is 0.271 e. The van der Waals surface area contributed by atoms with Crippen molar-refractivity contribution in [2.45, 2.75) is 29.7 Å². The minimum atomic E-state index is -0.394. The van der Waals surface area contributed by atoms with E-state index in [-0.39, 0.29) is 10.9 Å². The Morgan fingerprint density at radius 1 is 1.35 bits per heavy atom. The number of aromatic amines is 1. The van der Waals surface area contributed by atoms with Crippen LogP contribution in [0.4, 0.5) is 5.69 Å². The van der Waals surface area contributed by atoms with Crippen LogP contribution in [0, 0.1) is 10.1 Å². The van der Waals surface area contributed by atoms with Gasteiger partial charge >= 0.3 is 0 Å². The highest BCUT2D eigenvalue weighted by Gasteiger charge is 2.23. The molecule has 1 aliphatic rings. The van der Waals surface area contributed by atoms with Gasteiger partial charge in [0.15, 0.2) is 5.16 Å². The number of benzene rings is 1. The predicted octanol–water partition coefficient (Wildman–Crippen LogP) is 4.04. The van der Waals surface area contributed by atoms with Gasteiger partial charge in [0.2, 0.25) is 0 Å². The summed E-state index contributed by atoms with van der Waals surface area (Å²) in [7, 11) is 0. The van der Waals surface area contributed by atoms with Crippen LogP contribution < -0.4 is 0 Å². The monoisotopic (exact) mass is 326 g/mol. The molecule has 1 unspecified atom stereocenters. The van der Waals surface area contributed by atoms with Crippen molar-refractivity contribution in [3.8, 4) is 0 Å². The van der Waals surface area contributed by atoms with E-state index in [4.69, 9.17) is 0 Å². The van der Waals surface area contributed by atoms with Crippen LogP contribution in [0.3, 0.4) is 0 Å². The topological polar surface area (TPSA) is 84.7 Å². The van der Waals surface area contributed by atoms with Gasteiger partial charge in [-0.1, -0.05) is 17.8 Å². The first-order chi connectivity index (χ1) is 11.2. The molecule has 3 aromatic rings. The Morgan fingerprint density at radius 3 is 3.13 bits per heavy atom. The number of rotatable bonds is 3. The van der Waals surface area contributed by atoms with E-state index in [0.29, 0.717) is 5.52 Å². The molecule has 0 spiro atoms. The number of hydrogen-bond donors (Lipinski definition) is 1. The van der Waals surface area contributed by atoms with Crippen molar-refractivity contribution in [3.05, 3.63) is 57.9 Å². The minimum Gasteiger partial charge on any atom is -0.333 e. The molecule has 116 valence electrons. The third-order valence-corrected chi connectivity index (χ3v) is 5.21. The Balaban J connectivity index is 1.65. The number of nitro benzene ring substituents is 1. The van der Waals surface area contributed by atoms with Crippen LogP contribution in [0.2, 0.25) is 0 Å². The highest BCUT2D eigenvalue weighted by atomic mass is 32.2. The van der Waals surface area contributed by atoms with Gasteiger partial charge in [-0.05, 0) is 37.0 Å². The number of imidazole rings is 1. The van der Waals surface area contributed by atoms with Gasteiger partial charge < -0.3 is 4.98 Å². The second-order valence-corrected chi connectivity index (χ2v) is 6.74. The molecule has 23 heavy (non-hydrogen) atoms. The number of hydrogen-bond acceptors (Lipinski definition) is 5. The molecule has 0 fully saturated rings. The second kappa shape index (κ2) is 5.66. The van der Waals surface area contributed by atoms with Gasteiger partial charge in [-0.2, -0.15) is 0 Å². The number of pyridine rings is 1. The second-order valence-electron chi connectivity index (χ2n) is 5.55. The number of non-ortho nitro benzene ring substituents is 1. The summed E-state index contributed by atoms with van der Waals surface area (Å²) < 4.78 is 0. The lowest BCUT2D eigenvalue weighted by molar-refractivity contribution is -0.384. The minimum absolute atomic E-state index is 0.0716. The van der Waals surface area contributed by atoms with Crippen LogP contribution in [0.25, 0.3) is 11.0 Å². The first-order valence-corrected chi connectivity index (χ1v) is 8.33. The fourth-order valence-electron chi connectivity index (χ4n) is 2.96. The van der Waals surface area contributed by atoms with Crippen molar-refractivity contribution in [2.75, 3.05) is 0 Å². The lowest BCUT2D eigenvalue weighted by atomic mass is 9.96. The Kier molecular flexibility index (Phi) is 3.49. The molecule has 0 bridgehead atoms. The Morgan fingerprint density at radius 2 is 2.26 bits per heavy atom. The van der Waals surface area contributed by atoms with Gasteiger partial charge in [0.1, 0.15) is 0 Å². The van der Waals surface area contributed by atoms with Crippen LogP contribution in [-0.4, -0.2) is 19.9 Å². The molecule has 6 nitrogen and oxygen atoms in total. The molecule has 2 heterocycles. The summed E-state index contributed by atoms with van der Waals surface area (Å²) in [4.78, 5) is 22.7. The Labute approximate surface area is 136 Å². The summed E-state index contributed by atoms with van der Waals surface area (Å²) >= 11 is 1.65. The number of nitrogens with one attached hydrogen (secondary N) is 1. The molecule has 1 aliphatic carbocycles. The van der Waals surface area contributed by atoms with Crippen molar-refractivity contribution in [3.63, 3.8) is 0 Å². The summed E-state index contributed by atoms with van der Waals surface area (Å²) in [5, 5.41) is 11.9. The van der Waals surface area contributed by atoms with E-state index in [1.54, 1.807) is 17.8 Å². The number of thioether (sulfide) groups is 1. The van der Waals surface area contributed by atoms with Crippen LogP contribution in [0.1, 0.15) is 29.3 Å². The van der Waals surface area contributed by atoms with E-state index >= 15 is 0 Å². The summed E-state index contributed by atoms with van der Waals surface area (Å²) in [6.45, 7) is 0. The van der Waals surface area contributed by atoms with Crippen molar-refractivity contribution < 1.29 is 4.92 Å². The third kappa shape index (κ3) is 2.68. The molecule has 1 atom stereocenters. The quantitative estimate of drug-likeness (QED) is 0.580. The van der Waals surface area contributed by atoms with Crippen LogP contribution >= 0.6 is 11.8 Å². The number of nitrogens with zero attached hydrogens (tertiary/aromatic N) is 3. The highest BCUT2D eigenvalue weighted by Crippen LogP contribution is 2.41. The lowest BCUT2D eigenvalue weighted by Gasteiger charge is -2.22. The molecule has 7 heteroatoms. The standard InChI is InChI=1S/C16H14N4O2S/c21-20(22)11-6-7-12-13(9-11)19-16(18-12)23-14-5-1-3-10-4-2-8-17-15(10)14/h2,4,6-9,14H,1,3,5H2,(H,18,19). The maximum atomic E-state index is 10.9. The van der Waals surface area contributed by atoms with Gasteiger partial charge in [-0.15, -0.1) is 0 Å². The van der Waals surface area contributed by atoms with E-state index in [2.05, 4.69) is 21.0 Å². The molecule has 1 N–H and O–H groups in total. The molecule has 0 saturated heterocycles. The SMILES string of the molecule is O=[N+]([O-])c1ccc2nc(SC3CCCc4cccnc43)[nH]c2c1. The van der Waals surface area contributed by atoms with E-state index in [9.17, 15) is 10.1 Å². The van der Waals surface area contributed by atoms with Gasteiger partial charge in [-0.25, -0.2) is 4.98 Å². The van der Waals surface area contributed by atoms with Gasteiger partial charge in [0.05, 0.1) is 26.9 Å². The van der Waals surface area contributed by atoms with E-state index < -0.39 is 4.92 Å². The van der Waals surface area contributed by atoms with E-state index in [1.165, 1.54) is 17.7 Å². The molecule has 0 radical (unpaired) electrons. The van der Waals surface area contributed by atoms with Crippen LogP contribution in [0.5, 0.6) is 0 Å². The average molecular weight is 326 g/mol. The average Bonchev–Trinajstić information content (AvgIpc) is 2.96. The molecule has 0 amide bonds. The molecular formula is C16H14N4O2S. The number of nitro groups is 1. The van der Waals surface area contributed by atoms with Gasteiger partial charge in [0, 0.05) is 18.3 Å². The highest BCUT2D eigenvalue weighted by molar-refractivity contribution is 7.99. The molecular weight excluding hydrogens is 312 g/mol. The van der Waals surface area contributed by atoms with Gasteiger partial charge in [0.25, 0.3) is 5.69 Å². The molecule has 0 saturated carbocycles. The summed E-state index contributed by atoms with van der Waals surface area (Å²) in [6.07, 6.45) is 5.11. The van der Waals surface area contributed by atoms with Crippen molar-refractivity contribution in [1.29, 1.82) is 0 Å². The zero-order chi connectivity index (χ0) is 15.8. The number of fused-ring (bicyclic) bond motifs is 2. The number of H-pyrrole nitrogens is 1. The fourth-order valence-corrected chi connectivity index (χ4v) is 4.16. The maximum Gasteiger partial charge on any atom is 0.271 e. The van der Waals surface area contributed by atoms with Crippen LogP contribution in [0.15, 0.2) is 41.7 Å². The van der Waals surface area contributed by atoms with Crippen molar-refractivity contribution in [2.24, 2.45) is 0 Å². The third-order valence-electron chi connectivity index (χ3n) is 4.05. The molecule has 0 aliphatic heterocycles. The largest absolute Gasteiger partial charge is 0.333 e. The number of aryl methyl sites for hydroxylation is 1. The summed E-state index contributed by atoms with van der Waals surface area (Å²) in [5.74, 6) is 0. The van der Waals surface area contributed by atoms with Gasteiger partial charge in [-0.3, -0.25) is 15.1 Å². The summed E-state index contributed by atoms with van der Waals surface area (Å²) in [6, 6.07) is 8.80. The predicted molar refractivity (Wildman–Crippen MR) is 88.5 cm³/mol. The normalized spacial score (nSPS) is 17.1. The fraction of sp³-hybridized carbons (Fsp3) is 0.250. The first kappa shape index (κ1) is 14.2.